The van der Waals surface area contributed by atoms with Gasteiger partial charge in [0.2, 0.25) is 5.88 Å². The van der Waals surface area contributed by atoms with Crippen molar-refractivity contribution >= 4 is 11.6 Å². The third kappa shape index (κ3) is 4.71. The van der Waals surface area contributed by atoms with Gasteiger partial charge < -0.3 is 4.74 Å². The lowest BCUT2D eigenvalue weighted by Crippen LogP contribution is -2.06. The molecule has 0 saturated heterocycles. The van der Waals surface area contributed by atoms with Gasteiger partial charge in [-0.2, -0.15) is 4.98 Å². The molecule has 1 aromatic carbocycles. The molecule has 0 N–H and O–H groups in total. The number of nitrogens with zero attached hydrogens (tertiary/aromatic N) is 2. The molecule has 0 aliphatic carbocycles. The predicted octanol–water partition coefficient (Wildman–Crippen LogP) is 4.40. The quantitative estimate of drug-likeness (QED) is 0.561. The Kier molecular flexibility index (Phi) is 6.00. The zero-order valence-corrected chi connectivity index (χ0v) is 13.4. The Morgan fingerprint density at radius 3 is 2.57 bits per heavy atom. The molecule has 1 aromatic heterocycles. The Bertz CT molecular complexity index is 573. The zero-order chi connectivity index (χ0) is 15.1. The van der Waals surface area contributed by atoms with Crippen LogP contribution in [0, 0.1) is 6.92 Å². The molecule has 0 aliphatic heterocycles. The monoisotopic (exact) mass is 304 g/mol. The van der Waals surface area contributed by atoms with Gasteiger partial charge in [-0.15, -0.1) is 0 Å². The number of hydrogen-bond donors (Lipinski definition) is 0. The Balaban J connectivity index is 1.90. The van der Waals surface area contributed by atoms with Crippen molar-refractivity contribution in [1.29, 1.82) is 0 Å². The van der Waals surface area contributed by atoms with E-state index in [4.69, 9.17) is 16.3 Å². The summed E-state index contributed by atoms with van der Waals surface area (Å²) in [4.78, 5) is 8.72. The molecule has 0 radical (unpaired) electrons. The van der Waals surface area contributed by atoms with Gasteiger partial charge in [-0.05, 0) is 31.7 Å². The Morgan fingerprint density at radius 2 is 1.86 bits per heavy atom. The van der Waals surface area contributed by atoms with E-state index in [9.17, 15) is 0 Å². The fraction of sp³-hybridized carbons (Fsp3) is 0.412. The Hall–Kier alpha value is -1.61. The van der Waals surface area contributed by atoms with Crippen LogP contribution >= 0.6 is 11.6 Å². The average Bonchev–Trinajstić information content (AvgIpc) is 2.49. The number of hydrogen-bond acceptors (Lipinski definition) is 3. The fourth-order valence-corrected chi connectivity index (χ4v) is 2.26. The maximum Gasteiger partial charge on any atom is 0.221 e. The van der Waals surface area contributed by atoms with Crippen molar-refractivity contribution in [3.63, 3.8) is 0 Å². The lowest BCUT2D eigenvalue weighted by molar-refractivity contribution is 0.295. The van der Waals surface area contributed by atoms with Crippen molar-refractivity contribution in [3.8, 4) is 5.88 Å². The highest BCUT2D eigenvalue weighted by Crippen LogP contribution is 2.22. The second kappa shape index (κ2) is 7.99. The number of benzene rings is 1. The topological polar surface area (TPSA) is 35.0 Å². The summed E-state index contributed by atoms with van der Waals surface area (Å²) in [6.07, 6.45) is 3.77. The van der Waals surface area contributed by atoms with Crippen molar-refractivity contribution in [2.45, 2.75) is 39.5 Å². The fourth-order valence-electron chi connectivity index (χ4n) is 2.08. The molecule has 0 bridgehead atoms. The van der Waals surface area contributed by atoms with Crippen LogP contribution in [0.1, 0.15) is 36.7 Å². The van der Waals surface area contributed by atoms with Crippen molar-refractivity contribution in [2.24, 2.45) is 0 Å². The summed E-state index contributed by atoms with van der Waals surface area (Å²) in [5, 5.41) is 0.492. The molecule has 0 atom stereocenters. The van der Waals surface area contributed by atoms with Gasteiger partial charge in [0.1, 0.15) is 11.0 Å². The number of rotatable bonds is 7. The van der Waals surface area contributed by atoms with E-state index in [1.54, 1.807) is 0 Å². The first-order valence-electron chi connectivity index (χ1n) is 7.40. The van der Waals surface area contributed by atoms with Crippen molar-refractivity contribution < 1.29 is 4.74 Å². The molecule has 0 aliphatic rings. The highest BCUT2D eigenvalue weighted by atomic mass is 35.5. The van der Waals surface area contributed by atoms with E-state index in [-0.39, 0.29) is 0 Å². The minimum Gasteiger partial charge on any atom is -0.477 e. The van der Waals surface area contributed by atoms with Crippen LogP contribution in [0.25, 0.3) is 0 Å². The first-order chi connectivity index (χ1) is 10.2. The van der Waals surface area contributed by atoms with Gasteiger partial charge in [-0.1, -0.05) is 48.9 Å². The van der Waals surface area contributed by atoms with Crippen molar-refractivity contribution in [1.82, 2.24) is 9.97 Å². The molecule has 112 valence electrons. The maximum atomic E-state index is 6.13. The van der Waals surface area contributed by atoms with Crippen molar-refractivity contribution in [3.05, 3.63) is 52.4 Å². The lowest BCUT2D eigenvalue weighted by atomic mass is 10.1. The summed E-state index contributed by atoms with van der Waals surface area (Å²) < 4.78 is 5.79. The van der Waals surface area contributed by atoms with Crippen LogP contribution in [0.2, 0.25) is 5.15 Å². The summed E-state index contributed by atoms with van der Waals surface area (Å²) in [5.74, 6) is 1.37. The van der Waals surface area contributed by atoms with Crippen LogP contribution in [0.15, 0.2) is 30.3 Å². The molecule has 21 heavy (non-hydrogen) atoms. The van der Waals surface area contributed by atoms with E-state index < -0.39 is 0 Å². The average molecular weight is 305 g/mol. The number of aryl methyl sites for hydroxylation is 2. The molecule has 2 aromatic rings. The molecule has 1 heterocycles. The van der Waals surface area contributed by atoms with E-state index in [0.717, 1.165) is 37.1 Å². The highest BCUT2D eigenvalue weighted by molar-refractivity contribution is 6.30. The first-order valence-corrected chi connectivity index (χ1v) is 7.78. The SMILES string of the molecule is CCCc1nc(Cl)c(C)c(OCCCc2ccccc2)n1. The lowest BCUT2D eigenvalue weighted by Gasteiger charge is -2.10. The molecule has 2 rings (SSSR count). The largest absolute Gasteiger partial charge is 0.477 e. The highest BCUT2D eigenvalue weighted by Gasteiger charge is 2.10. The predicted molar refractivity (Wildman–Crippen MR) is 86.0 cm³/mol. The number of halogens is 1. The summed E-state index contributed by atoms with van der Waals surface area (Å²) in [6.45, 7) is 4.62. The standard InChI is InChI=1S/C17H21ClN2O/c1-3-8-15-19-16(18)13(2)17(20-15)21-12-7-11-14-9-5-4-6-10-14/h4-6,9-10H,3,7-8,11-12H2,1-2H3. The van der Waals surface area contributed by atoms with Gasteiger partial charge in [0, 0.05) is 12.0 Å². The van der Waals surface area contributed by atoms with Crippen LogP contribution in [0.4, 0.5) is 0 Å². The molecule has 4 heteroatoms. The number of aromatic nitrogens is 2. The van der Waals surface area contributed by atoms with E-state index in [1.807, 2.05) is 13.0 Å². The minimum atomic E-state index is 0.492. The van der Waals surface area contributed by atoms with Crippen LogP contribution in [0.5, 0.6) is 5.88 Å². The van der Waals surface area contributed by atoms with E-state index in [1.165, 1.54) is 5.56 Å². The van der Waals surface area contributed by atoms with Crippen LogP contribution in [0.3, 0.4) is 0 Å². The summed E-state index contributed by atoms with van der Waals surface area (Å²) in [6, 6.07) is 10.4. The third-order valence-electron chi connectivity index (χ3n) is 3.25. The normalized spacial score (nSPS) is 10.6. The first kappa shape index (κ1) is 15.8. The maximum absolute atomic E-state index is 6.13. The van der Waals surface area contributed by atoms with Crippen LogP contribution in [-0.2, 0) is 12.8 Å². The number of ether oxygens (including phenoxy) is 1. The zero-order valence-electron chi connectivity index (χ0n) is 12.6. The second-order valence-corrected chi connectivity index (χ2v) is 5.41. The molecule has 0 fully saturated rings. The van der Waals surface area contributed by atoms with Gasteiger partial charge in [-0.3, -0.25) is 0 Å². The Labute approximate surface area is 131 Å². The molecule has 0 saturated carbocycles. The minimum absolute atomic E-state index is 0.492. The second-order valence-electron chi connectivity index (χ2n) is 5.05. The van der Waals surface area contributed by atoms with E-state index in [2.05, 4.69) is 41.2 Å². The molecular weight excluding hydrogens is 284 g/mol. The van der Waals surface area contributed by atoms with E-state index >= 15 is 0 Å². The van der Waals surface area contributed by atoms with Crippen LogP contribution < -0.4 is 4.74 Å². The summed E-state index contributed by atoms with van der Waals surface area (Å²) in [7, 11) is 0. The third-order valence-corrected chi connectivity index (χ3v) is 3.62. The van der Waals surface area contributed by atoms with Gasteiger partial charge >= 0.3 is 0 Å². The van der Waals surface area contributed by atoms with Gasteiger partial charge in [0.25, 0.3) is 0 Å². The van der Waals surface area contributed by atoms with Gasteiger partial charge in [0.05, 0.1) is 6.61 Å². The molecular formula is C17H21ClN2O. The molecule has 3 nitrogen and oxygen atoms in total. The summed E-state index contributed by atoms with van der Waals surface area (Å²) >= 11 is 6.13. The van der Waals surface area contributed by atoms with Gasteiger partial charge in [0.15, 0.2) is 0 Å². The van der Waals surface area contributed by atoms with Crippen LogP contribution in [-0.4, -0.2) is 16.6 Å². The van der Waals surface area contributed by atoms with Crippen molar-refractivity contribution in [2.75, 3.05) is 6.61 Å². The Morgan fingerprint density at radius 1 is 1.10 bits per heavy atom. The summed E-state index contributed by atoms with van der Waals surface area (Å²) in [5.41, 5.74) is 2.14. The molecule has 0 spiro atoms. The van der Waals surface area contributed by atoms with E-state index in [0.29, 0.717) is 17.6 Å². The van der Waals surface area contributed by atoms with Gasteiger partial charge in [-0.25, -0.2) is 4.98 Å². The molecule has 0 amide bonds. The smallest absolute Gasteiger partial charge is 0.221 e. The molecule has 0 unspecified atom stereocenters.